The fourth-order valence-electron chi connectivity index (χ4n) is 3.37. The summed E-state index contributed by atoms with van der Waals surface area (Å²) in [6.07, 6.45) is -5.26. The van der Waals surface area contributed by atoms with Crippen molar-refractivity contribution in [3.05, 3.63) is 76.3 Å². The van der Waals surface area contributed by atoms with Gasteiger partial charge in [-0.05, 0) is 28.8 Å². The lowest BCUT2D eigenvalue weighted by atomic mass is 9.88. The van der Waals surface area contributed by atoms with Crippen LogP contribution in [-0.2, 0) is 4.79 Å². The van der Waals surface area contributed by atoms with E-state index in [1.807, 2.05) is 0 Å². The molecule has 32 heavy (non-hydrogen) atoms. The number of nitrogens with zero attached hydrogens (tertiary/aromatic N) is 2. The smallest absolute Gasteiger partial charge is 0.310 e. The molecule has 1 atom stereocenters. The Kier molecular flexibility index (Phi) is 7.64. The van der Waals surface area contributed by atoms with Crippen LogP contribution in [0, 0.1) is 4.91 Å². The number of allylic oxidation sites excluding steroid dienone is 5. The summed E-state index contributed by atoms with van der Waals surface area (Å²) in [5.41, 5.74) is -5.49. The van der Waals surface area contributed by atoms with Gasteiger partial charge >= 0.3 is 17.9 Å². The minimum atomic E-state index is -6.00. The number of nitroso groups, excluding NO2 is 1. The number of rotatable bonds is 6. The third-order valence-electron chi connectivity index (χ3n) is 4.87. The molecule has 1 unspecified atom stereocenters. The number of alkyl halides is 6. The Hall–Kier alpha value is -2.56. The average Bonchev–Trinajstić information content (AvgIpc) is 2.87. The van der Waals surface area contributed by atoms with Gasteiger partial charge in [0.1, 0.15) is 0 Å². The average molecular weight is 478 g/mol. The van der Waals surface area contributed by atoms with E-state index in [0.717, 1.165) is 11.8 Å². The number of carbonyl (C=O) groups is 1. The fraction of sp³-hybridized carbons (Fsp3) is 0.381. The van der Waals surface area contributed by atoms with Crippen LogP contribution in [0.2, 0.25) is 0 Å². The van der Waals surface area contributed by atoms with Crippen LogP contribution in [0.1, 0.15) is 19.8 Å². The normalized spacial score (nSPS) is 20.3. The fourth-order valence-corrected chi connectivity index (χ4v) is 4.54. The van der Waals surface area contributed by atoms with Crippen molar-refractivity contribution < 1.29 is 31.1 Å². The highest BCUT2D eigenvalue weighted by Crippen LogP contribution is 2.52. The summed E-state index contributed by atoms with van der Waals surface area (Å²) in [6, 6.07) is 0. The molecule has 0 bridgehead atoms. The molecule has 4 nitrogen and oxygen atoms in total. The molecule has 0 aromatic heterocycles. The summed E-state index contributed by atoms with van der Waals surface area (Å²) >= 11 is 1.02. The maximum absolute atomic E-state index is 13.6. The molecular formula is C21H20F6N2O2S. The summed E-state index contributed by atoms with van der Waals surface area (Å²) in [5.74, 6) is -0.405. The first-order valence-electron chi connectivity index (χ1n) is 9.34. The molecular weight excluding hydrogens is 458 g/mol. The Labute approximate surface area is 185 Å². The van der Waals surface area contributed by atoms with Crippen molar-refractivity contribution in [2.24, 2.45) is 5.18 Å². The van der Waals surface area contributed by atoms with Gasteiger partial charge in [-0.15, -0.1) is 16.7 Å². The van der Waals surface area contributed by atoms with E-state index in [-0.39, 0.29) is 35.2 Å². The van der Waals surface area contributed by atoms with Crippen LogP contribution in [0.15, 0.2) is 76.5 Å². The molecule has 1 fully saturated rings. The first-order chi connectivity index (χ1) is 14.8. The predicted molar refractivity (Wildman–Crippen MR) is 111 cm³/mol. The maximum atomic E-state index is 13.6. The SMILES string of the molecule is C=C/C=C(\C=C)CC(=O)N1CC(C)SC2=CC(C(N=O)(C(F)(F)F)C(F)(F)F)=CCC=C21. The molecule has 2 aliphatic rings. The quantitative estimate of drug-likeness (QED) is 0.253. The molecule has 1 aliphatic heterocycles. The van der Waals surface area contributed by atoms with Gasteiger partial charge in [0.2, 0.25) is 5.91 Å². The zero-order valence-electron chi connectivity index (χ0n) is 17.0. The Morgan fingerprint density at radius 3 is 2.34 bits per heavy atom. The minimum Gasteiger partial charge on any atom is -0.310 e. The molecule has 2 rings (SSSR count). The van der Waals surface area contributed by atoms with E-state index in [4.69, 9.17) is 0 Å². The number of hydrogen-bond acceptors (Lipinski definition) is 4. The van der Waals surface area contributed by atoms with Crippen LogP contribution in [0.4, 0.5) is 26.3 Å². The highest BCUT2D eigenvalue weighted by molar-refractivity contribution is 8.04. The van der Waals surface area contributed by atoms with Gasteiger partial charge in [-0.3, -0.25) is 4.79 Å². The van der Waals surface area contributed by atoms with Crippen molar-refractivity contribution in [2.45, 2.75) is 42.9 Å². The molecule has 1 amide bonds. The second-order valence-corrected chi connectivity index (χ2v) is 8.56. The van der Waals surface area contributed by atoms with E-state index in [9.17, 15) is 36.0 Å². The molecule has 0 saturated carbocycles. The van der Waals surface area contributed by atoms with Gasteiger partial charge in [0.15, 0.2) is 0 Å². The molecule has 0 aromatic carbocycles. The van der Waals surface area contributed by atoms with Crippen LogP contribution in [0.25, 0.3) is 0 Å². The minimum absolute atomic E-state index is 0.0234. The number of fused-ring (bicyclic) bond motifs is 1. The zero-order valence-corrected chi connectivity index (χ0v) is 17.8. The van der Waals surface area contributed by atoms with E-state index in [2.05, 4.69) is 13.2 Å². The van der Waals surface area contributed by atoms with Crippen LogP contribution in [0.5, 0.6) is 0 Å². The Balaban J connectivity index is 2.54. The largest absolute Gasteiger partial charge is 0.430 e. The van der Waals surface area contributed by atoms with E-state index >= 15 is 0 Å². The summed E-state index contributed by atoms with van der Waals surface area (Å²) in [5, 5.41) is 1.23. The molecule has 0 aromatic rings. The first-order valence-corrected chi connectivity index (χ1v) is 10.2. The van der Waals surface area contributed by atoms with Gasteiger partial charge in [-0.2, -0.15) is 26.3 Å². The zero-order chi connectivity index (χ0) is 24.3. The van der Waals surface area contributed by atoms with E-state index < -0.39 is 29.4 Å². The Bertz CT molecular complexity index is 914. The second kappa shape index (κ2) is 9.51. The van der Waals surface area contributed by atoms with E-state index in [1.54, 1.807) is 18.2 Å². The molecule has 11 heteroatoms. The van der Waals surface area contributed by atoms with Gasteiger partial charge in [-0.1, -0.05) is 50.5 Å². The predicted octanol–water partition coefficient (Wildman–Crippen LogP) is 6.37. The first kappa shape index (κ1) is 25.7. The maximum Gasteiger partial charge on any atom is 0.430 e. The topological polar surface area (TPSA) is 49.7 Å². The molecule has 0 N–H and O–H groups in total. The van der Waals surface area contributed by atoms with Gasteiger partial charge in [0.05, 0.1) is 12.1 Å². The highest BCUT2D eigenvalue weighted by atomic mass is 32.2. The summed E-state index contributed by atoms with van der Waals surface area (Å²) in [4.78, 5) is 25.3. The number of thioether (sulfide) groups is 1. The Morgan fingerprint density at radius 1 is 1.22 bits per heavy atom. The van der Waals surface area contributed by atoms with Crippen LogP contribution in [0.3, 0.4) is 0 Å². The van der Waals surface area contributed by atoms with Crippen molar-refractivity contribution >= 4 is 17.7 Å². The van der Waals surface area contributed by atoms with Crippen molar-refractivity contribution in [3.8, 4) is 0 Å². The van der Waals surface area contributed by atoms with Crippen molar-refractivity contribution in [2.75, 3.05) is 6.54 Å². The van der Waals surface area contributed by atoms with Crippen LogP contribution >= 0.6 is 11.8 Å². The van der Waals surface area contributed by atoms with Crippen LogP contribution in [-0.4, -0.2) is 40.5 Å². The monoisotopic (exact) mass is 478 g/mol. The summed E-state index contributed by atoms with van der Waals surface area (Å²) in [6.45, 7) is 9.03. The van der Waals surface area contributed by atoms with E-state index in [0.29, 0.717) is 17.7 Å². The molecule has 0 spiro atoms. The summed E-state index contributed by atoms with van der Waals surface area (Å²) in [7, 11) is 0. The standard InChI is InChI=1S/C21H20F6N2O2S/c1-4-7-14(5-2)10-18(30)29-12-13(3)32-17-11-15(8-6-9-16(17)29)19(28-31,20(22,23)24)21(25,26)27/h4-5,7-9,11,13H,1-2,6,10,12H2,3H3/b14-7+. The third-order valence-corrected chi connectivity index (χ3v) is 6.00. The Morgan fingerprint density at radius 2 is 1.84 bits per heavy atom. The number of carbonyl (C=O) groups excluding carboxylic acids is 1. The van der Waals surface area contributed by atoms with Gasteiger partial charge in [0.25, 0.3) is 0 Å². The van der Waals surface area contributed by atoms with Crippen molar-refractivity contribution in [3.63, 3.8) is 0 Å². The second-order valence-electron chi connectivity index (χ2n) is 7.08. The van der Waals surface area contributed by atoms with Crippen LogP contribution < -0.4 is 0 Å². The number of halogens is 6. The van der Waals surface area contributed by atoms with E-state index in [1.165, 1.54) is 23.1 Å². The van der Waals surface area contributed by atoms with Gasteiger partial charge in [0, 0.05) is 16.7 Å². The lowest BCUT2D eigenvalue weighted by Gasteiger charge is -2.36. The molecule has 1 aliphatic carbocycles. The lowest BCUT2D eigenvalue weighted by molar-refractivity contribution is -0.281. The van der Waals surface area contributed by atoms with Crippen molar-refractivity contribution in [1.82, 2.24) is 4.90 Å². The molecule has 1 heterocycles. The number of hydrogen-bond donors (Lipinski definition) is 0. The van der Waals surface area contributed by atoms with Gasteiger partial charge < -0.3 is 4.90 Å². The van der Waals surface area contributed by atoms with Gasteiger partial charge in [-0.25, -0.2) is 0 Å². The third kappa shape index (κ3) is 4.77. The molecule has 0 radical (unpaired) electrons. The lowest BCUT2D eigenvalue weighted by Crippen LogP contribution is -2.56. The summed E-state index contributed by atoms with van der Waals surface area (Å²) < 4.78 is 81.3. The molecule has 174 valence electrons. The molecule has 1 saturated heterocycles. The number of amides is 1. The van der Waals surface area contributed by atoms with Crippen molar-refractivity contribution in [1.29, 1.82) is 0 Å². The highest BCUT2D eigenvalue weighted by Gasteiger charge is 2.75.